The molecule has 0 radical (unpaired) electrons. The van der Waals surface area contributed by atoms with Crippen LogP contribution in [0.4, 0.5) is 0 Å². The monoisotopic (exact) mass is 923 g/mol. The zero-order chi connectivity index (χ0) is 47.9. The van der Waals surface area contributed by atoms with Crippen LogP contribution < -0.4 is 0 Å². The molecule has 0 bridgehead atoms. The lowest BCUT2D eigenvalue weighted by molar-refractivity contribution is -0.167. The zero-order valence-electron chi connectivity index (χ0n) is 43.7. The molecule has 0 aromatic rings. The highest BCUT2D eigenvalue weighted by atomic mass is 16.6. The van der Waals surface area contributed by atoms with Gasteiger partial charge in [-0.15, -0.1) is 0 Å². The van der Waals surface area contributed by atoms with E-state index >= 15 is 0 Å². The molecular formula is C60H106O6. The first-order valence-corrected chi connectivity index (χ1v) is 28.3. The highest BCUT2D eigenvalue weighted by Crippen LogP contribution is 2.16. The van der Waals surface area contributed by atoms with E-state index in [2.05, 4.69) is 81.5 Å². The summed E-state index contributed by atoms with van der Waals surface area (Å²) in [5.41, 5.74) is 0. The summed E-state index contributed by atoms with van der Waals surface area (Å²) in [7, 11) is 0. The van der Waals surface area contributed by atoms with E-state index in [0.29, 0.717) is 19.3 Å². The minimum absolute atomic E-state index is 0.0813. The molecule has 0 rings (SSSR count). The summed E-state index contributed by atoms with van der Waals surface area (Å²) in [5.74, 6) is -0.904. The van der Waals surface area contributed by atoms with Crippen LogP contribution in [0.2, 0.25) is 0 Å². The molecule has 0 aliphatic carbocycles. The quantitative estimate of drug-likeness (QED) is 0.0262. The Morgan fingerprint density at radius 2 is 0.591 bits per heavy atom. The SMILES string of the molecule is CC/C=C\C/C=C\C/C=C\C/C=C\C/C=C\CCCCCC(=O)OC[C@@H](COC(=O)CCCCCCCCCCCC)OC(=O)CCCCCCCCCCCCCCCCCCCCC. The summed E-state index contributed by atoms with van der Waals surface area (Å²) in [5, 5.41) is 0. The molecule has 0 aliphatic heterocycles. The number of rotatable bonds is 51. The summed E-state index contributed by atoms with van der Waals surface area (Å²) >= 11 is 0. The van der Waals surface area contributed by atoms with Gasteiger partial charge in [-0.3, -0.25) is 14.4 Å². The van der Waals surface area contributed by atoms with E-state index in [1.807, 2.05) is 0 Å². The lowest BCUT2D eigenvalue weighted by Gasteiger charge is -2.18. The molecule has 0 amide bonds. The second kappa shape index (κ2) is 54.7. The first kappa shape index (κ1) is 63.1. The van der Waals surface area contributed by atoms with Gasteiger partial charge < -0.3 is 14.2 Å². The van der Waals surface area contributed by atoms with Crippen LogP contribution in [0.3, 0.4) is 0 Å². The van der Waals surface area contributed by atoms with Crippen LogP contribution in [0.15, 0.2) is 60.8 Å². The minimum atomic E-state index is -0.784. The molecule has 0 heterocycles. The Labute approximate surface area is 409 Å². The Balaban J connectivity index is 4.35. The van der Waals surface area contributed by atoms with E-state index in [-0.39, 0.29) is 31.1 Å². The van der Waals surface area contributed by atoms with Gasteiger partial charge in [0.15, 0.2) is 6.10 Å². The summed E-state index contributed by atoms with van der Waals surface area (Å²) in [6, 6.07) is 0. The van der Waals surface area contributed by atoms with Crippen molar-refractivity contribution in [1.82, 2.24) is 0 Å². The molecule has 1 atom stereocenters. The third kappa shape index (κ3) is 52.1. The van der Waals surface area contributed by atoms with E-state index in [9.17, 15) is 14.4 Å². The second-order valence-electron chi connectivity index (χ2n) is 18.8. The summed E-state index contributed by atoms with van der Waals surface area (Å²) in [6.45, 7) is 6.51. The summed E-state index contributed by atoms with van der Waals surface area (Å²) in [6.07, 6.45) is 67.9. The van der Waals surface area contributed by atoms with Gasteiger partial charge in [0.1, 0.15) is 13.2 Å². The molecule has 6 nitrogen and oxygen atoms in total. The van der Waals surface area contributed by atoms with Gasteiger partial charge >= 0.3 is 17.9 Å². The number of allylic oxidation sites excluding steroid dienone is 10. The van der Waals surface area contributed by atoms with Crippen molar-refractivity contribution in [2.45, 2.75) is 290 Å². The molecule has 0 N–H and O–H groups in total. The maximum Gasteiger partial charge on any atom is 0.306 e. The highest BCUT2D eigenvalue weighted by Gasteiger charge is 2.19. The lowest BCUT2D eigenvalue weighted by atomic mass is 10.0. The average molecular weight is 924 g/mol. The van der Waals surface area contributed by atoms with Crippen LogP contribution in [-0.4, -0.2) is 37.2 Å². The molecule has 382 valence electrons. The normalized spacial score (nSPS) is 12.5. The van der Waals surface area contributed by atoms with Crippen molar-refractivity contribution in [3.05, 3.63) is 60.8 Å². The van der Waals surface area contributed by atoms with E-state index in [0.717, 1.165) is 96.3 Å². The molecule has 0 aliphatic rings. The summed E-state index contributed by atoms with van der Waals surface area (Å²) < 4.78 is 16.8. The zero-order valence-corrected chi connectivity index (χ0v) is 43.7. The van der Waals surface area contributed by atoms with Gasteiger partial charge in [-0.25, -0.2) is 0 Å². The first-order valence-electron chi connectivity index (χ1n) is 28.3. The van der Waals surface area contributed by atoms with E-state index < -0.39 is 6.10 Å². The molecule has 0 unspecified atom stereocenters. The van der Waals surface area contributed by atoms with Gasteiger partial charge in [0, 0.05) is 19.3 Å². The van der Waals surface area contributed by atoms with E-state index in [4.69, 9.17) is 14.2 Å². The van der Waals surface area contributed by atoms with Crippen LogP contribution in [0.1, 0.15) is 284 Å². The third-order valence-electron chi connectivity index (χ3n) is 12.3. The Hall–Kier alpha value is -2.89. The largest absolute Gasteiger partial charge is 0.462 e. The molecule has 0 fully saturated rings. The standard InChI is InChI=1S/C60H106O6/c1-4-7-10-13-16-19-22-24-26-28-30-32-34-36-38-41-44-47-50-53-59(62)65-56-57(55-64-58(61)52-49-46-43-40-21-18-15-12-9-6-3)66-60(63)54-51-48-45-42-39-37-35-33-31-29-27-25-23-20-17-14-11-8-5-2/h7,10,16,19,24,26,30,32,36,38,57H,4-6,8-9,11-15,17-18,20-23,25,27-29,31,33-35,37,39-56H2,1-3H3/b10-7-,19-16-,26-24-,32-30-,38-36-/t57-/m1/s1. The van der Waals surface area contributed by atoms with Crippen LogP contribution in [0.5, 0.6) is 0 Å². The highest BCUT2D eigenvalue weighted by molar-refractivity contribution is 5.71. The lowest BCUT2D eigenvalue weighted by Crippen LogP contribution is -2.30. The fraction of sp³-hybridized carbons (Fsp3) is 0.783. The average Bonchev–Trinajstić information content (AvgIpc) is 3.31. The van der Waals surface area contributed by atoms with Crippen molar-refractivity contribution in [1.29, 1.82) is 0 Å². The van der Waals surface area contributed by atoms with Crippen LogP contribution in [-0.2, 0) is 28.6 Å². The molecule has 0 saturated heterocycles. The predicted molar refractivity (Wildman–Crippen MR) is 284 cm³/mol. The number of ether oxygens (including phenoxy) is 3. The van der Waals surface area contributed by atoms with Crippen LogP contribution in [0, 0.1) is 0 Å². The molecular weight excluding hydrogens is 817 g/mol. The van der Waals surface area contributed by atoms with Crippen molar-refractivity contribution in [2.75, 3.05) is 13.2 Å². The molecule has 0 saturated carbocycles. The fourth-order valence-electron chi connectivity index (χ4n) is 8.06. The predicted octanol–water partition coefficient (Wildman–Crippen LogP) is 18.8. The molecule has 0 spiro atoms. The van der Waals surface area contributed by atoms with Gasteiger partial charge in [0.2, 0.25) is 0 Å². The van der Waals surface area contributed by atoms with E-state index in [1.165, 1.54) is 148 Å². The molecule has 0 aromatic carbocycles. The Bertz CT molecular complexity index is 1200. The van der Waals surface area contributed by atoms with Crippen molar-refractivity contribution < 1.29 is 28.6 Å². The van der Waals surface area contributed by atoms with Crippen molar-refractivity contribution in [2.24, 2.45) is 0 Å². The van der Waals surface area contributed by atoms with Gasteiger partial charge in [0.05, 0.1) is 0 Å². The number of carbonyl (C=O) groups is 3. The fourth-order valence-corrected chi connectivity index (χ4v) is 8.06. The maximum atomic E-state index is 12.8. The number of hydrogen-bond acceptors (Lipinski definition) is 6. The van der Waals surface area contributed by atoms with Gasteiger partial charge in [-0.1, -0.05) is 261 Å². The smallest absolute Gasteiger partial charge is 0.306 e. The third-order valence-corrected chi connectivity index (χ3v) is 12.3. The molecule has 6 heteroatoms. The first-order chi connectivity index (χ1) is 32.5. The van der Waals surface area contributed by atoms with Crippen LogP contribution >= 0.6 is 0 Å². The maximum absolute atomic E-state index is 12.8. The van der Waals surface area contributed by atoms with Crippen LogP contribution in [0.25, 0.3) is 0 Å². The number of hydrogen-bond donors (Lipinski definition) is 0. The van der Waals surface area contributed by atoms with Crippen molar-refractivity contribution >= 4 is 17.9 Å². The van der Waals surface area contributed by atoms with Gasteiger partial charge in [0.25, 0.3) is 0 Å². The Morgan fingerprint density at radius 3 is 0.924 bits per heavy atom. The second-order valence-corrected chi connectivity index (χ2v) is 18.8. The Kier molecular flexibility index (Phi) is 52.3. The summed E-state index contributed by atoms with van der Waals surface area (Å²) in [4.78, 5) is 38.0. The number of esters is 3. The Morgan fingerprint density at radius 1 is 0.318 bits per heavy atom. The van der Waals surface area contributed by atoms with Crippen molar-refractivity contribution in [3.63, 3.8) is 0 Å². The molecule has 0 aromatic heterocycles. The van der Waals surface area contributed by atoms with Gasteiger partial charge in [-0.2, -0.15) is 0 Å². The number of carbonyl (C=O) groups excluding carboxylic acids is 3. The van der Waals surface area contributed by atoms with Gasteiger partial charge in [-0.05, 0) is 64.2 Å². The van der Waals surface area contributed by atoms with E-state index in [1.54, 1.807) is 0 Å². The number of unbranched alkanes of at least 4 members (excludes halogenated alkanes) is 30. The molecule has 66 heavy (non-hydrogen) atoms. The van der Waals surface area contributed by atoms with Crippen molar-refractivity contribution in [3.8, 4) is 0 Å². The minimum Gasteiger partial charge on any atom is -0.462 e. The topological polar surface area (TPSA) is 78.9 Å².